The number of nitrogens with zero attached hydrogens (tertiary/aromatic N) is 1. The minimum atomic E-state index is -0.435. The lowest BCUT2D eigenvalue weighted by Crippen LogP contribution is -2.41. The largest absolute Gasteiger partial charge is 0.370 e. The minimum absolute atomic E-state index is 0.0868. The van der Waals surface area contributed by atoms with E-state index in [2.05, 4.69) is 38.2 Å². The summed E-state index contributed by atoms with van der Waals surface area (Å²) >= 11 is 0. The predicted octanol–water partition coefficient (Wildman–Crippen LogP) is 12.0. The number of hydrogen-bond acceptors (Lipinski definition) is 4. The maximum absolute atomic E-state index is 13.1. The molecule has 278 valence electrons. The van der Waals surface area contributed by atoms with Crippen LogP contribution in [0.1, 0.15) is 219 Å². The van der Waals surface area contributed by atoms with Crippen molar-refractivity contribution in [3.05, 3.63) is 24.3 Å². The summed E-state index contributed by atoms with van der Waals surface area (Å²) in [6, 6.07) is 0. The van der Waals surface area contributed by atoms with Crippen LogP contribution in [0.2, 0.25) is 0 Å². The lowest BCUT2D eigenvalue weighted by Gasteiger charge is -2.19. The molecule has 0 heterocycles. The van der Waals surface area contributed by atoms with Crippen molar-refractivity contribution in [1.82, 2.24) is 4.90 Å². The summed E-state index contributed by atoms with van der Waals surface area (Å²) in [6.45, 7) is 4.51. The van der Waals surface area contributed by atoms with Gasteiger partial charge in [0.05, 0.1) is 0 Å². The fourth-order valence-electron chi connectivity index (χ4n) is 6.02. The van der Waals surface area contributed by atoms with Gasteiger partial charge >= 0.3 is 0 Å². The predicted molar refractivity (Wildman–Crippen MR) is 203 cm³/mol. The Balaban J connectivity index is 4.27. The van der Waals surface area contributed by atoms with Gasteiger partial charge in [0.1, 0.15) is 0 Å². The molecule has 0 fully saturated rings. The van der Waals surface area contributed by atoms with E-state index in [9.17, 15) is 19.2 Å². The highest BCUT2D eigenvalue weighted by molar-refractivity contribution is 6.10. The lowest BCUT2D eigenvalue weighted by atomic mass is 10.1. The van der Waals surface area contributed by atoms with Crippen LogP contribution in [0, 0.1) is 0 Å². The van der Waals surface area contributed by atoms with Gasteiger partial charge in [0, 0.05) is 25.7 Å². The van der Waals surface area contributed by atoms with E-state index >= 15 is 0 Å². The Morgan fingerprint density at radius 1 is 0.375 bits per heavy atom. The van der Waals surface area contributed by atoms with E-state index in [1.807, 2.05) is 0 Å². The van der Waals surface area contributed by atoms with E-state index in [1.54, 1.807) is 0 Å². The van der Waals surface area contributed by atoms with E-state index < -0.39 is 11.8 Å². The molecule has 6 heteroatoms. The number of carbonyl (C=O) groups is 4. The van der Waals surface area contributed by atoms with Crippen LogP contribution in [-0.4, -0.2) is 28.5 Å². The number of allylic oxidation sites excluding steroid dienone is 4. The van der Waals surface area contributed by atoms with Gasteiger partial charge in [0.2, 0.25) is 23.6 Å². The number of rotatable bonds is 35. The van der Waals surface area contributed by atoms with Gasteiger partial charge in [-0.25, -0.2) is 4.90 Å². The number of unbranched alkanes of at least 4 members (excludes halogenated alkanes) is 23. The first-order chi connectivity index (χ1) is 23.4. The molecular weight excluding hydrogens is 596 g/mol. The zero-order chi connectivity index (χ0) is 35.3. The Morgan fingerprint density at radius 3 is 0.938 bits per heavy atom. The second-order valence-electron chi connectivity index (χ2n) is 13.9. The van der Waals surface area contributed by atoms with Crippen LogP contribution in [-0.2, 0) is 19.2 Å². The highest BCUT2D eigenvalue weighted by Crippen LogP contribution is 2.15. The average Bonchev–Trinajstić information content (AvgIpc) is 3.06. The average molecular weight is 673 g/mol. The molecule has 0 spiro atoms. The molecule has 0 aliphatic heterocycles. The lowest BCUT2D eigenvalue weighted by molar-refractivity contribution is -0.154. The van der Waals surface area contributed by atoms with Gasteiger partial charge < -0.3 is 5.73 Å². The zero-order valence-corrected chi connectivity index (χ0v) is 31.6. The third-order valence-electron chi connectivity index (χ3n) is 9.12. The molecule has 0 bridgehead atoms. The monoisotopic (exact) mass is 673 g/mol. The fourth-order valence-corrected chi connectivity index (χ4v) is 6.02. The van der Waals surface area contributed by atoms with Crippen molar-refractivity contribution in [1.29, 1.82) is 0 Å². The van der Waals surface area contributed by atoms with Crippen LogP contribution >= 0.6 is 0 Å². The highest BCUT2D eigenvalue weighted by atomic mass is 16.2. The topological polar surface area (TPSA) is 97.5 Å². The molecule has 2 N–H and O–H groups in total. The van der Waals surface area contributed by atoms with Crippen LogP contribution in [0.4, 0.5) is 0 Å². The number of primary amides is 1. The molecule has 0 unspecified atom stereocenters. The molecule has 48 heavy (non-hydrogen) atoms. The first-order valence-corrected chi connectivity index (χ1v) is 20.4. The normalized spacial score (nSPS) is 11.5. The molecule has 0 aromatic rings. The molecule has 0 aromatic carbocycles. The van der Waals surface area contributed by atoms with Gasteiger partial charge in [-0.1, -0.05) is 141 Å². The summed E-state index contributed by atoms with van der Waals surface area (Å²) < 4.78 is 0. The van der Waals surface area contributed by atoms with Gasteiger partial charge in [0.15, 0.2) is 0 Å². The SMILES string of the molecule is CCCCCCCCC=CCCCCCCCC(=O)N(C(=O)CCCCCCCC=CCCCCCCCC)C(=O)CCCCC(N)=O. The summed E-state index contributed by atoms with van der Waals surface area (Å²) in [6.07, 6.45) is 41.5. The van der Waals surface area contributed by atoms with Crippen molar-refractivity contribution in [3.63, 3.8) is 0 Å². The summed E-state index contributed by atoms with van der Waals surface area (Å²) in [5.74, 6) is -1.58. The molecule has 4 amide bonds. The Bertz CT molecular complexity index is 799. The Morgan fingerprint density at radius 2 is 0.625 bits per heavy atom. The number of nitrogens with two attached hydrogens (primary N) is 1. The molecule has 0 radical (unpaired) electrons. The van der Waals surface area contributed by atoms with Crippen molar-refractivity contribution in [2.45, 2.75) is 219 Å². The van der Waals surface area contributed by atoms with Gasteiger partial charge in [-0.3, -0.25) is 19.2 Å². The molecule has 0 saturated carbocycles. The minimum Gasteiger partial charge on any atom is -0.370 e. The zero-order valence-electron chi connectivity index (χ0n) is 31.6. The van der Waals surface area contributed by atoms with E-state index in [0.29, 0.717) is 25.7 Å². The third-order valence-corrected chi connectivity index (χ3v) is 9.12. The Hall–Kier alpha value is -2.24. The second-order valence-corrected chi connectivity index (χ2v) is 13.9. The van der Waals surface area contributed by atoms with Crippen LogP contribution in [0.25, 0.3) is 0 Å². The van der Waals surface area contributed by atoms with E-state index in [4.69, 9.17) is 5.73 Å². The van der Waals surface area contributed by atoms with Crippen molar-refractivity contribution in [3.8, 4) is 0 Å². The molecule has 0 saturated heterocycles. The van der Waals surface area contributed by atoms with Crippen molar-refractivity contribution in [2.24, 2.45) is 5.73 Å². The quantitative estimate of drug-likeness (QED) is 0.0535. The van der Waals surface area contributed by atoms with Crippen molar-refractivity contribution in [2.75, 3.05) is 0 Å². The molecular formula is C42H76N2O4. The summed E-state index contributed by atoms with van der Waals surface area (Å²) in [5.41, 5.74) is 5.21. The highest BCUT2D eigenvalue weighted by Gasteiger charge is 2.27. The standard InChI is InChI=1S/C42H76N2O4/c1-3-5-7-9-11-13-15-17-19-21-23-25-27-29-31-36-40(46)44(42(48)38-34-33-35-39(43)45)41(47)37-32-30-28-26-24-22-20-18-16-14-12-10-8-6-4-2/h17-20H,3-16,21-38H2,1-2H3,(H2,43,45). The van der Waals surface area contributed by atoms with E-state index in [1.165, 1.54) is 89.9 Å². The first kappa shape index (κ1) is 45.8. The maximum atomic E-state index is 13.1. The summed E-state index contributed by atoms with van der Waals surface area (Å²) in [5, 5.41) is 0. The molecule has 0 aliphatic carbocycles. The number of imide groups is 3. The van der Waals surface area contributed by atoms with Gasteiger partial charge in [-0.05, 0) is 77.0 Å². The van der Waals surface area contributed by atoms with Crippen molar-refractivity contribution < 1.29 is 19.2 Å². The molecule has 0 rings (SSSR count). The van der Waals surface area contributed by atoms with Crippen LogP contribution < -0.4 is 5.73 Å². The number of amides is 4. The maximum Gasteiger partial charge on any atom is 0.236 e. The second kappa shape index (κ2) is 36.1. The third kappa shape index (κ3) is 31.1. The Kier molecular flexibility index (Phi) is 34.4. The molecule has 0 aliphatic rings. The molecule has 6 nitrogen and oxygen atoms in total. The first-order valence-electron chi connectivity index (χ1n) is 20.4. The summed E-state index contributed by atoms with van der Waals surface area (Å²) in [7, 11) is 0. The molecule has 0 aromatic heterocycles. The van der Waals surface area contributed by atoms with Gasteiger partial charge in [-0.2, -0.15) is 0 Å². The van der Waals surface area contributed by atoms with E-state index in [-0.39, 0.29) is 37.5 Å². The van der Waals surface area contributed by atoms with Crippen LogP contribution in [0.15, 0.2) is 24.3 Å². The smallest absolute Gasteiger partial charge is 0.236 e. The molecule has 0 atom stereocenters. The van der Waals surface area contributed by atoms with E-state index in [0.717, 1.165) is 69.1 Å². The number of carbonyl (C=O) groups excluding carboxylic acids is 4. The fraction of sp³-hybridized carbons (Fsp3) is 0.810. The van der Waals surface area contributed by atoms with Gasteiger partial charge in [-0.15, -0.1) is 0 Å². The van der Waals surface area contributed by atoms with Crippen molar-refractivity contribution >= 4 is 23.6 Å². The van der Waals surface area contributed by atoms with Crippen LogP contribution in [0.3, 0.4) is 0 Å². The Labute approximate surface area is 296 Å². The number of hydrogen-bond donors (Lipinski definition) is 1. The van der Waals surface area contributed by atoms with Gasteiger partial charge in [0.25, 0.3) is 0 Å². The summed E-state index contributed by atoms with van der Waals surface area (Å²) in [4.78, 5) is 51.0. The van der Waals surface area contributed by atoms with Crippen LogP contribution in [0.5, 0.6) is 0 Å².